The Labute approximate surface area is 180 Å². The molecule has 0 saturated heterocycles. The molecule has 0 saturated carbocycles. The van der Waals surface area contributed by atoms with E-state index in [-0.39, 0.29) is 17.0 Å². The molecule has 30 heavy (non-hydrogen) atoms. The molecule has 158 valence electrons. The molecule has 0 atom stereocenters. The summed E-state index contributed by atoms with van der Waals surface area (Å²) in [7, 11) is -3.73. The summed E-state index contributed by atoms with van der Waals surface area (Å²) in [6, 6.07) is 13.3. The Bertz CT molecular complexity index is 1080. The monoisotopic (exact) mass is 444 g/mol. The van der Waals surface area contributed by atoms with E-state index in [9.17, 15) is 13.2 Å². The molecular weight excluding hydrogens is 420 g/mol. The second kappa shape index (κ2) is 9.84. The number of aromatic nitrogens is 1. The number of hydrogen-bond donors (Lipinski definition) is 2. The number of sulfonamides is 1. The highest BCUT2D eigenvalue weighted by molar-refractivity contribution is 7.89. The highest BCUT2D eigenvalue weighted by Crippen LogP contribution is 2.17. The summed E-state index contributed by atoms with van der Waals surface area (Å²) in [6.07, 6.45) is 1.59. The Morgan fingerprint density at radius 1 is 1.10 bits per heavy atom. The van der Waals surface area contributed by atoms with E-state index >= 15 is 0 Å². The van der Waals surface area contributed by atoms with E-state index in [1.807, 2.05) is 23.6 Å². The SMILES string of the molecule is CCN(CC)c1ccc(NC(=O)c2cccc(S(=O)(=O)NCc3cccs3)c2)cn1. The third-order valence-corrected chi connectivity index (χ3v) is 6.79. The summed E-state index contributed by atoms with van der Waals surface area (Å²) in [5.41, 5.74) is 0.793. The fraction of sp³-hybridized carbons (Fsp3) is 0.238. The average molecular weight is 445 g/mol. The number of carbonyl (C=O) groups excluding carboxylic acids is 1. The van der Waals surface area contributed by atoms with Gasteiger partial charge in [0.2, 0.25) is 10.0 Å². The van der Waals surface area contributed by atoms with Crippen molar-refractivity contribution in [3.63, 3.8) is 0 Å². The van der Waals surface area contributed by atoms with E-state index in [2.05, 4.69) is 33.8 Å². The first-order valence-corrected chi connectivity index (χ1v) is 11.9. The smallest absolute Gasteiger partial charge is 0.255 e. The van der Waals surface area contributed by atoms with Crippen molar-refractivity contribution in [1.29, 1.82) is 0 Å². The van der Waals surface area contributed by atoms with Crippen LogP contribution in [-0.2, 0) is 16.6 Å². The van der Waals surface area contributed by atoms with Crippen molar-refractivity contribution in [2.24, 2.45) is 0 Å². The van der Waals surface area contributed by atoms with Gasteiger partial charge in [0, 0.05) is 30.1 Å². The highest BCUT2D eigenvalue weighted by atomic mass is 32.2. The van der Waals surface area contributed by atoms with Gasteiger partial charge in [-0.1, -0.05) is 12.1 Å². The third kappa shape index (κ3) is 5.44. The van der Waals surface area contributed by atoms with Crippen LogP contribution in [0, 0.1) is 0 Å². The Morgan fingerprint density at radius 3 is 2.53 bits per heavy atom. The van der Waals surface area contributed by atoms with Gasteiger partial charge in [-0.2, -0.15) is 0 Å². The van der Waals surface area contributed by atoms with E-state index in [4.69, 9.17) is 0 Å². The van der Waals surface area contributed by atoms with Gasteiger partial charge < -0.3 is 10.2 Å². The van der Waals surface area contributed by atoms with Crippen molar-refractivity contribution in [2.45, 2.75) is 25.3 Å². The summed E-state index contributed by atoms with van der Waals surface area (Å²) < 4.78 is 27.7. The fourth-order valence-corrected chi connectivity index (χ4v) is 4.65. The lowest BCUT2D eigenvalue weighted by atomic mass is 10.2. The first-order chi connectivity index (χ1) is 14.4. The Hall–Kier alpha value is -2.75. The number of nitrogens with zero attached hydrogens (tertiary/aromatic N) is 2. The van der Waals surface area contributed by atoms with Crippen molar-refractivity contribution in [3.8, 4) is 0 Å². The van der Waals surface area contributed by atoms with Gasteiger partial charge in [0.1, 0.15) is 5.82 Å². The van der Waals surface area contributed by atoms with Gasteiger partial charge >= 0.3 is 0 Å². The topological polar surface area (TPSA) is 91.4 Å². The summed E-state index contributed by atoms with van der Waals surface area (Å²) in [5, 5.41) is 4.65. The van der Waals surface area contributed by atoms with E-state index in [0.717, 1.165) is 23.8 Å². The normalized spacial score (nSPS) is 11.3. The van der Waals surface area contributed by atoms with Crippen LogP contribution in [0.2, 0.25) is 0 Å². The zero-order chi connectivity index (χ0) is 21.6. The summed E-state index contributed by atoms with van der Waals surface area (Å²) in [6.45, 7) is 6.00. The molecule has 0 spiro atoms. The molecule has 0 aliphatic heterocycles. The number of nitrogens with one attached hydrogen (secondary N) is 2. The van der Waals surface area contributed by atoms with E-state index in [0.29, 0.717) is 5.69 Å². The van der Waals surface area contributed by atoms with Crippen LogP contribution in [-0.4, -0.2) is 32.4 Å². The van der Waals surface area contributed by atoms with Crippen molar-refractivity contribution in [2.75, 3.05) is 23.3 Å². The fourth-order valence-electron chi connectivity index (χ4n) is 2.87. The summed E-state index contributed by atoms with van der Waals surface area (Å²) >= 11 is 1.47. The average Bonchev–Trinajstić information content (AvgIpc) is 3.28. The predicted molar refractivity (Wildman–Crippen MR) is 121 cm³/mol. The van der Waals surface area contributed by atoms with Crippen LogP contribution in [0.3, 0.4) is 0 Å². The maximum absolute atomic E-state index is 12.6. The lowest BCUT2D eigenvalue weighted by Gasteiger charge is -2.19. The number of amides is 1. The quantitative estimate of drug-likeness (QED) is 0.525. The molecule has 3 rings (SSSR count). The number of thiophene rings is 1. The van der Waals surface area contributed by atoms with Crippen LogP contribution in [0.4, 0.5) is 11.5 Å². The van der Waals surface area contributed by atoms with Crippen molar-refractivity contribution in [1.82, 2.24) is 9.71 Å². The maximum atomic E-state index is 12.6. The molecule has 2 aromatic heterocycles. The first kappa shape index (κ1) is 21.9. The van der Waals surface area contributed by atoms with Crippen LogP contribution in [0.5, 0.6) is 0 Å². The third-order valence-electron chi connectivity index (χ3n) is 4.52. The molecule has 0 bridgehead atoms. The van der Waals surface area contributed by atoms with Gasteiger partial charge in [0.25, 0.3) is 5.91 Å². The van der Waals surface area contributed by atoms with Crippen molar-refractivity contribution < 1.29 is 13.2 Å². The molecule has 9 heteroatoms. The van der Waals surface area contributed by atoms with Gasteiger partial charge in [-0.25, -0.2) is 18.1 Å². The van der Waals surface area contributed by atoms with E-state index in [1.165, 1.54) is 23.5 Å². The molecule has 7 nitrogen and oxygen atoms in total. The number of hydrogen-bond acceptors (Lipinski definition) is 6. The second-order valence-electron chi connectivity index (χ2n) is 6.46. The molecule has 0 aliphatic carbocycles. The standard InChI is InChI=1S/C21H24N4O3S2/c1-3-25(4-2)20-11-10-17(14-22-20)24-21(26)16-7-5-9-19(13-16)30(27,28)23-15-18-8-6-12-29-18/h5-14,23H,3-4,15H2,1-2H3,(H,24,26). The van der Waals surface area contributed by atoms with Crippen LogP contribution in [0.15, 0.2) is 65.0 Å². The van der Waals surface area contributed by atoms with Crippen LogP contribution in [0.25, 0.3) is 0 Å². The molecule has 2 heterocycles. The Kier molecular flexibility index (Phi) is 7.20. The largest absolute Gasteiger partial charge is 0.357 e. The second-order valence-corrected chi connectivity index (χ2v) is 9.26. The molecule has 0 aliphatic rings. The van der Waals surface area contributed by atoms with Gasteiger partial charge in [0.15, 0.2) is 0 Å². The lowest BCUT2D eigenvalue weighted by molar-refractivity contribution is 0.102. The highest BCUT2D eigenvalue weighted by Gasteiger charge is 2.16. The van der Waals surface area contributed by atoms with Gasteiger partial charge in [-0.05, 0) is 55.6 Å². The maximum Gasteiger partial charge on any atom is 0.255 e. The molecule has 1 aromatic carbocycles. The zero-order valence-electron chi connectivity index (χ0n) is 16.8. The number of rotatable bonds is 9. The molecule has 2 N–H and O–H groups in total. The number of benzene rings is 1. The minimum atomic E-state index is -3.73. The Balaban J connectivity index is 1.69. The predicted octanol–water partition coefficient (Wildman–Crippen LogP) is 3.72. The van der Waals surface area contributed by atoms with E-state index in [1.54, 1.807) is 24.4 Å². The molecule has 1 amide bonds. The van der Waals surface area contributed by atoms with Crippen LogP contribution < -0.4 is 14.9 Å². The molecule has 0 unspecified atom stereocenters. The molecule has 0 fully saturated rings. The molecule has 3 aromatic rings. The number of anilines is 2. The van der Waals surface area contributed by atoms with Crippen LogP contribution >= 0.6 is 11.3 Å². The number of carbonyl (C=O) groups is 1. The molecule has 0 radical (unpaired) electrons. The minimum Gasteiger partial charge on any atom is -0.357 e. The lowest BCUT2D eigenvalue weighted by Crippen LogP contribution is -2.23. The van der Waals surface area contributed by atoms with Gasteiger partial charge in [0.05, 0.1) is 16.8 Å². The molecular formula is C21H24N4O3S2. The summed E-state index contributed by atoms with van der Waals surface area (Å²) in [4.78, 5) is 20.0. The van der Waals surface area contributed by atoms with Gasteiger partial charge in [-0.15, -0.1) is 11.3 Å². The number of pyridine rings is 1. The first-order valence-electron chi connectivity index (χ1n) is 9.57. The van der Waals surface area contributed by atoms with Crippen molar-refractivity contribution >= 4 is 38.8 Å². The zero-order valence-corrected chi connectivity index (χ0v) is 18.5. The van der Waals surface area contributed by atoms with Crippen molar-refractivity contribution in [3.05, 3.63) is 70.5 Å². The minimum absolute atomic E-state index is 0.0433. The Morgan fingerprint density at radius 2 is 1.90 bits per heavy atom. The van der Waals surface area contributed by atoms with Crippen LogP contribution in [0.1, 0.15) is 29.1 Å². The summed E-state index contributed by atoms with van der Waals surface area (Å²) in [5.74, 6) is 0.436. The van der Waals surface area contributed by atoms with Gasteiger partial charge in [-0.3, -0.25) is 4.79 Å². The van der Waals surface area contributed by atoms with E-state index < -0.39 is 15.9 Å².